The van der Waals surface area contributed by atoms with Gasteiger partial charge in [0, 0.05) is 17.7 Å². The van der Waals surface area contributed by atoms with Crippen molar-refractivity contribution in [1.29, 1.82) is 0 Å². The molecule has 2 aromatic rings. The highest BCUT2D eigenvalue weighted by Crippen LogP contribution is 2.27. The van der Waals surface area contributed by atoms with Gasteiger partial charge in [0.25, 0.3) is 0 Å². The molecule has 0 spiro atoms. The molecule has 0 bridgehead atoms. The summed E-state index contributed by atoms with van der Waals surface area (Å²) in [5, 5.41) is 3.01. The molecule has 0 unspecified atom stereocenters. The van der Waals surface area contributed by atoms with E-state index < -0.39 is 11.6 Å². The van der Waals surface area contributed by atoms with Crippen molar-refractivity contribution in [2.24, 2.45) is 0 Å². The first-order valence-corrected chi connectivity index (χ1v) is 6.48. The lowest BCUT2D eigenvalue weighted by Crippen LogP contribution is -2.13. The Morgan fingerprint density at radius 1 is 0.950 bits per heavy atom. The largest absolute Gasteiger partial charge is 0.313 e. The predicted molar refractivity (Wildman–Crippen MR) is 73.9 cm³/mol. The van der Waals surface area contributed by atoms with Gasteiger partial charge in [0.15, 0.2) is 0 Å². The summed E-state index contributed by atoms with van der Waals surface area (Å²) in [5.74, 6) is -1.34. The Kier molecular flexibility index (Phi) is 4.45. The first-order chi connectivity index (χ1) is 9.52. The Balaban J connectivity index is 2.45. The molecule has 0 aliphatic carbocycles. The molecule has 0 amide bonds. The Hall–Kier alpha value is -1.81. The summed E-state index contributed by atoms with van der Waals surface area (Å²) in [7, 11) is 0. The van der Waals surface area contributed by atoms with E-state index in [1.54, 1.807) is 6.07 Å². The number of rotatable bonds is 4. The first-order valence-electron chi connectivity index (χ1n) is 6.48. The highest BCUT2D eigenvalue weighted by molar-refractivity contribution is 5.65. The second kappa shape index (κ2) is 6.09. The summed E-state index contributed by atoms with van der Waals surface area (Å²) in [6, 6.07) is 6.58. The molecule has 0 fully saturated rings. The van der Waals surface area contributed by atoms with Crippen LogP contribution in [0, 0.1) is 24.4 Å². The van der Waals surface area contributed by atoms with Crippen molar-refractivity contribution < 1.29 is 13.2 Å². The maximum Gasteiger partial charge on any atom is 0.131 e. The van der Waals surface area contributed by atoms with Crippen molar-refractivity contribution in [3.05, 3.63) is 58.9 Å². The van der Waals surface area contributed by atoms with Crippen molar-refractivity contribution in [3.8, 4) is 11.1 Å². The maximum absolute atomic E-state index is 13.9. The van der Waals surface area contributed by atoms with Crippen molar-refractivity contribution in [2.75, 3.05) is 6.54 Å². The molecule has 2 aromatic carbocycles. The second-order valence-corrected chi connectivity index (χ2v) is 4.67. The van der Waals surface area contributed by atoms with Crippen LogP contribution in [0.2, 0.25) is 0 Å². The molecule has 20 heavy (non-hydrogen) atoms. The zero-order chi connectivity index (χ0) is 14.7. The average Bonchev–Trinajstić information content (AvgIpc) is 2.42. The summed E-state index contributed by atoms with van der Waals surface area (Å²) in [6.45, 7) is 4.48. The number of hydrogen-bond donors (Lipinski definition) is 1. The lowest BCUT2D eigenvalue weighted by Gasteiger charge is -2.09. The van der Waals surface area contributed by atoms with Crippen LogP contribution >= 0.6 is 0 Å². The molecule has 0 atom stereocenters. The molecule has 0 radical (unpaired) electrons. The van der Waals surface area contributed by atoms with Crippen LogP contribution in [-0.2, 0) is 6.54 Å². The van der Waals surface area contributed by atoms with Gasteiger partial charge in [-0.25, -0.2) is 13.2 Å². The third-order valence-corrected chi connectivity index (χ3v) is 3.17. The van der Waals surface area contributed by atoms with Gasteiger partial charge in [0.2, 0.25) is 0 Å². The van der Waals surface area contributed by atoms with Crippen LogP contribution in [0.5, 0.6) is 0 Å². The van der Waals surface area contributed by atoms with Crippen molar-refractivity contribution >= 4 is 0 Å². The smallest absolute Gasteiger partial charge is 0.131 e. The SMILES string of the molecule is CCNCc1cc(-c2cc(F)c(C)cc2F)ccc1F. The molecule has 0 saturated carbocycles. The van der Waals surface area contributed by atoms with Gasteiger partial charge in [-0.05, 0) is 48.9 Å². The van der Waals surface area contributed by atoms with Crippen molar-refractivity contribution in [1.82, 2.24) is 5.32 Å². The van der Waals surface area contributed by atoms with Crippen LogP contribution in [0.4, 0.5) is 13.2 Å². The van der Waals surface area contributed by atoms with Gasteiger partial charge < -0.3 is 5.32 Å². The van der Waals surface area contributed by atoms with Crippen LogP contribution in [0.25, 0.3) is 11.1 Å². The fourth-order valence-corrected chi connectivity index (χ4v) is 2.00. The van der Waals surface area contributed by atoms with Gasteiger partial charge in [-0.2, -0.15) is 0 Å². The minimum Gasteiger partial charge on any atom is -0.313 e. The summed E-state index contributed by atoms with van der Waals surface area (Å²) >= 11 is 0. The first kappa shape index (κ1) is 14.6. The van der Waals surface area contributed by atoms with Crippen LogP contribution in [0.3, 0.4) is 0 Å². The minimum atomic E-state index is -0.509. The van der Waals surface area contributed by atoms with E-state index in [2.05, 4.69) is 5.32 Å². The molecule has 4 heteroatoms. The zero-order valence-electron chi connectivity index (χ0n) is 11.4. The van der Waals surface area contributed by atoms with Crippen LogP contribution in [0.15, 0.2) is 30.3 Å². The molecule has 106 valence electrons. The Bertz CT molecular complexity index is 623. The molecule has 0 saturated heterocycles. The lowest BCUT2D eigenvalue weighted by atomic mass is 10.0. The van der Waals surface area contributed by atoms with Crippen molar-refractivity contribution in [3.63, 3.8) is 0 Å². The standard InChI is InChI=1S/C16H16F3N/c1-3-20-9-12-7-11(4-5-14(12)17)13-8-15(18)10(2)6-16(13)19/h4-8,20H,3,9H2,1-2H3. The maximum atomic E-state index is 13.9. The molecule has 1 nitrogen and oxygen atoms in total. The molecular formula is C16H16F3N. The van der Waals surface area contributed by atoms with E-state index in [0.29, 0.717) is 24.2 Å². The molecule has 2 rings (SSSR count). The summed E-state index contributed by atoms with van der Waals surface area (Å²) in [5.41, 5.74) is 1.30. The highest BCUT2D eigenvalue weighted by Gasteiger charge is 2.11. The summed E-state index contributed by atoms with van der Waals surface area (Å²) in [6.07, 6.45) is 0. The number of benzene rings is 2. The molecule has 0 heterocycles. The van der Waals surface area contributed by atoms with E-state index in [1.165, 1.54) is 19.1 Å². The zero-order valence-corrected chi connectivity index (χ0v) is 11.4. The molecule has 0 aliphatic heterocycles. The van der Waals surface area contributed by atoms with Gasteiger partial charge in [-0.3, -0.25) is 0 Å². The van der Waals surface area contributed by atoms with Crippen LogP contribution < -0.4 is 5.32 Å². The van der Waals surface area contributed by atoms with Gasteiger partial charge >= 0.3 is 0 Å². The van der Waals surface area contributed by atoms with Crippen molar-refractivity contribution in [2.45, 2.75) is 20.4 Å². The van der Waals surface area contributed by atoms with E-state index in [9.17, 15) is 13.2 Å². The molecular weight excluding hydrogens is 263 g/mol. The van der Waals surface area contributed by atoms with Gasteiger partial charge in [0.1, 0.15) is 17.5 Å². The normalized spacial score (nSPS) is 10.8. The average molecular weight is 279 g/mol. The molecule has 0 aliphatic rings. The third kappa shape index (κ3) is 3.02. The van der Waals surface area contributed by atoms with E-state index >= 15 is 0 Å². The Labute approximate surface area is 116 Å². The molecule has 1 N–H and O–H groups in total. The van der Waals surface area contributed by atoms with Crippen LogP contribution in [-0.4, -0.2) is 6.54 Å². The number of aryl methyl sites for hydroxylation is 1. The summed E-state index contributed by atoms with van der Waals surface area (Å²) < 4.78 is 41.1. The number of halogens is 3. The Morgan fingerprint density at radius 3 is 2.40 bits per heavy atom. The van der Waals surface area contributed by atoms with E-state index in [1.807, 2.05) is 6.92 Å². The lowest BCUT2D eigenvalue weighted by molar-refractivity contribution is 0.591. The van der Waals surface area contributed by atoms with E-state index in [-0.39, 0.29) is 16.9 Å². The number of nitrogens with one attached hydrogen (secondary N) is 1. The van der Waals surface area contributed by atoms with Crippen LogP contribution in [0.1, 0.15) is 18.1 Å². The van der Waals surface area contributed by atoms with Gasteiger partial charge in [0.05, 0.1) is 0 Å². The second-order valence-electron chi connectivity index (χ2n) is 4.67. The minimum absolute atomic E-state index is 0.144. The highest BCUT2D eigenvalue weighted by atomic mass is 19.1. The van der Waals surface area contributed by atoms with E-state index in [0.717, 1.165) is 12.1 Å². The monoisotopic (exact) mass is 279 g/mol. The number of hydrogen-bond acceptors (Lipinski definition) is 1. The fourth-order valence-electron chi connectivity index (χ4n) is 2.00. The third-order valence-electron chi connectivity index (χ3n) is 3.17. The topological polar surface area (TPSA) is 12.0 Å². The quantitative estimate of drug-likeness (QED) is 0.885. The molecule has 0 aromatic heterocycles. The summed E-state index contributed by atoms with van der Waals surface area (Å²) in [4.78, 5) is 0. The fraction of sp³-hybridized carbons (Fsp3) is 0.250. The van der Waals surface area contributed by atoms with Gasteiger partial charge in [-0.1, -0.05) is 13.0 Å². The predicted octanol–water partition coefficient (Wildman–Crippen LogP) is 4.19. The van der Waals surface area contributed by atoms with Gasteiger partial charge in [-0.15, -0.1) is 0 Å². The Morgan fingerprint density at radius 2 is 1.70 bits per heavy atom. The van der Waals surface area contributed by atoms with E-state index in [4.69, 9.17) is 0 Å².